The molecule has 13 heavy (non-hydrogen) atoms. The van der Waals surface area contributed by atoms with E-state index >= 15 is 0 Å². The van der Waals surface area contributed by atoms with Crippen LogP contribution in [0, 0.1) is 5.92 Å². The van der Waals surface area contributed by atoms with E-state index in [0.29, 0.717) is 6.42 Å². The summed E-state index contributed by atoms with van der Waals surface area (Å²) < 4.78 is 5.10. The van der Waals surface area contributed by atoms with E-state index in [4.69, 9.17) is 4.74 Å². The van der Waals surface area contributed by atoms with Gasteiger partial charge in [0.2, 0.25) is 0 Å². The molecule has 76 valence electrons. The molecule has 0 saturated heterocycles. The fourth-order valence-electron chi connectivity index (χ4n) is 1.33. The van der Waals surface area contributed by atoms with Crippen LogP contribution in [-0.4, -0.2) is 18.4 Å². The highest BCUT2D eigenvalue weighted by Gasteiger charge is 2.17. The molecule has 0 aromatic rings. The molecule has 0 rings (SSSR count). The number of esters is 1. The molecule has 0 bridgehead atoms. The topological polar surface area (TPSA) is 43.4 Å². The van der Waals surface area contributed by atoms with Gasteiger partial charge in [-0.3, -0.25) is 4.79 Å². The van der Waals surface area contributed by atoms with Gasteiger partial charge >= 0.3 is 5.97 Å². The fourth-order valence-corrected chi connectivity index (χ4v) is 1.33. The van der Waals surface area contributed by atoms with E-state index in [1.54, 1.807) is 0 Å². The van der Waals surface area contributed by atoms with E-state index in [0.717, 1.165) is 19.1 Å². The molecule has 2 atom stereocenters. The summed E-state index contributed by atoms with van der Waals surface area (Å²) in [6.07, 6.45) is 2.99. The van der Waals surface area contributed by atoms with Crippen molar-refractivity contribution in [3.8, 4) is 0 Å². The molecule has 3 nitrogen and oxygen atoms in total. The van der Waals surface area contributed by atoms with Crippen molar-refractivity contribution in [1.29, 1.82) is 0 Å². The Bertz CT molecular complexity index is 166. The van der Waals surface area contributed by atoms with Gasteiger partial charge in [-0.1, -0.05) is 13.8 Å². The van der Waals surface area contributed by atoms with Crippen LogP contribution in [0.1, 0.15) is 40.0 Å². The zero-order valence-corrected chi connectivity index (χ0v) is 8.58. The van der Waals surface area contributed by atoms with E-state index < -0.39 is 0 Å². The Kier molecular flexibility index (Phi) is 6.20. The molecule has 0 aromatic heterocycles. The second-order valence-corrected chi connectivity index (χ2v) is 3.28. The third kappa shape index (κ3) is 5.39. The molecular formula is C10H18O3. The van der Waals surface area contributed by atoms with Crippen LogP contribution in [0.3, 0.4) is 0 Å². The number of hydrogen-bond donors (Lipinski definition) is 0. The standard InChI is InChI=1S/C10H18O3/c1-4-10(13-9(3)12)8(2)6-5-7-11/h7-8,10H,4-6H2,1-3H3/t8-,10-/m0/s1. The molecule has 0 aliphatic carbocycles. The van der Waals surface area contributed by atoms with Crippen molar-refractivity contribution < 1.29 is 14.3 Å². The summed E-state index contributed by atoms with van der Waals surface area (Å²) >= 11 is 0. The van der Waals surface area contributed by atoms with Gasteiger partial charge in [-0.2, -0.15) is 0 Å². The molecule has 0 N–H and O–H groups in total. The van der Waals surface area contributed by atoms with Crippen LogP contribution in [0.5, 0.6) is 0 Å². The van der Waals surface area contributed by atoms with Gasteiger partial charge in [0.1, 0.15) is 12.4 Å². The molecule has 0 fully saturated rings. The van der Waals surface area contributed by atoms with Crippen molar-refractivity contribution in [2.45, 2.75) is 46.1 Å². The lowest BCUT2D eigenvalue weighted by Gasteiger charge is -2.21. The molecule has 3 heteroatoms. The lowest BCUT2D eigenvalue weighted by atomic mass is 9.97. The number of ether oxygens (including phenoxy) is 1. The minimum absolute atomic E-state index is 0.0440. The summed E-state index contributed by atoms with van der Waals surface area (Å²) in [4.78, 5) is 20.8. The highest BCUT2D eigenvalue weighted by molar-refractivity contribution is 5.66. The van der Waals surface area contributed by atoms with Crippen LogP contribution < -0.4 is 0 Å². The van der Waals surface area contributed by atoms with Gasteiger partial charge in [0.15, 0.2) is 0 Å². The van der Waals surface area contributed by atoms with Crippen LogP contribution in [0.15, 0.2) is 0 Å². The van der Waals surface area contributed by atoms with Gasteiger partial charge < -0.3 is 9.53 Å². The van der Waals surface area contributed by atoms with E-state index in [1.807, 2.05) is 13.8 Å². The number of carbonyl (C=O) groups excluding carboxylic acids is 2. The predicted octanol–water partition coefficient (Wildman–Crippen LogP) is 1.94. The number of carbonyl (C=O) groups is 2. The Morgan fingerprint density at radius 2 is 2.15 bits per heavy atom. The van der Waals surface area contributed by atoms with Crippen molar-refractivity contribution in [3.63, 3.8) is 0 Å². The Morgan fingerprint density at radius 3 is 2.54 bits per heavy atom. The molecule has 0 aromatic carbocycles. The average molecular weight is 186 g/mol. The Morgan fingerprint density at radius 1 is 1.54 bits per heavy atom. The molecule has 0 spiro atoms. The largest absolute Gasteiger partial charge is 0.462 e. The first-order chi connectivity index (χ1) is 6.11. The highest BCUT2D eigenvalue weighted by atomic mass is 16.5. The maximum Gasteiger partial charge on any atom is 0.302 e. The SMILES string of the molecule is CC[C@H](OC(C)=O)[C@@H](C)CCC=O. The number of hydrogen-bond acceptors (Lipinski definition) is 3. The molecule has 0 aliphatic heterocycles. The average Bonchev–Trinajstić information content (AvgIpc) is 2.09. The fraction of sp³-hybridized carbons (Fsp3) is 0.800. The summed E-state index contributed by atoms with van der Waals surface area (Å²) in [5.41, 5.74) is 0. The lowest BCUT2D eigenvalue weighted by molar-refractivity contribution is -0.149. The van der Waals surface area contributed by atoms with Crippen LogP contribution >= 0.6 is 0 Å². The molecule has 0 radical (unpaired) electrons. The Labute approximate surface area is 79.5 Å². The maximum absolute atomic E-state index is 10.7. The van der Waals surface area contributed by atoms with E-state index in [9.17, 15) is 9.59 Å². The zero-order valence-electron chi connectivity index (χ0n) is 8.58. The monoisotopic (exact) mass is 186 g/mol. The first-order valence-electron chi connectivity index (χ1n) is 4.72. The minimum atomic E-state index is -0.246. The number of rotatable bonds is 6. The van der Waals surface area contributed by atoms with Gasteiger partial charge in [-0.05, 0) is 18.8 Å². The van der Waals surface area contributed by atoms with Crippen LogP contribution in [0.2, 0.25) is 0 Å². The van der Waals surface area contributed by atoms with Gasteiger partial charge in [0.25, 0.3) is 0 Å². The quantitative estimate of drug-likeness (QED) is 0.470. The molecule has 0 saturated carbocycles. The summed E-state index contributed by atoms with van der Waals surface area (Å²) in [5.74, 6) is 0.0175. The summed E-state index contributed by atoms with van der Waals surface area (Å²) in [6, 6.07) is 0. The molecule has 0 amide bonds. The van der Waals surface area contributed by atoms with Crippen molar-refractivity contribution >= 4 is 12.3 Å². The molecular weight excluding hydrogens is 168 g/mol. The third-order valence-electron chi connectivity index (χ3n) is 2.09. The van der Waals surface area contributed by atoms with Crippen LogP contribution in [-0.2, 0) is 14.3 Å². The zero-order chi connectivity index (χ0) is 10.3. The van der Waals surface area contributed by atoms with Crippen molar-refractivity contribution in [1.82, 2.24) is 0 Å². The highest BCUT2D eigenvalue weighted by Crippen LogP contribution is 2.16. The Balaban J connectivity index is 3.90. The minimum Gasteiger partial charge on any atom is -0.462 e. The van der Waals surface area contributed by atoms with Crippen LogP contribution in [0.4, 0.5) is 0 Å². The third-order valence-corrected chi connectivity index (χ3v) is 2.09. The van der Waals surface area contributed by atoms with Gasteiger partial charge in [-0.25, -0.2) is 0 Å². The lowest BCUT2D eigenvalue weighted by Crippen LogP contribution is -2.23. The van der Waals surface area contributed by atoms with Crippen LogP contribution in [0.25, 0.3) is 0 Å². The van der Waals surface area contributed by atoms with Crippen molar-refractivity contribution in [2.75, 3.05) is 0 Å². The predicted molar refractivity (Wildman–Crippen MR) is 50.3 cm³/mol. The smallest absolute Gasteiger partial charge is 0.302 e. The van der Waals surface area contributed by atoms with Gasteiger partial charge in [0, 0.05) is 13.3 Å². The van der Waals surface area contributed by atoms with E-state index in [2.05, 4.69) is 0 Å². The maximum atomic E-state index is 10.7. The summed E-state index contributed by atoms with van der Waals surface area (Å²) in [5, 5.41) is 0. The van der Waals surface area contributed by atoms with Crippen molar-refractivity contribution in [3.05, 3.63) is 0 Å². The first-order valence-corrected chi connectivity index (χ1v) is 4.72. The van der Waals surface area contributed by atoms with Gasteiger partial charge in [-0.15, -0.1) is 0 Å². The molecule has 0 heterocycles. The molecule has 0 unspecified atom stereocenters. The Hall–Kier alpha value is -0.860. The second kappa shape index (κ2) is 6.63. The van der Waals surface area contributed by atoms with Crippen molar-refractivity contribution in [2.24, 2.45) is 5.92 Å². The second-order valence-electron chi connectivity index (χ2n) is 3.28. The summed E-state index contributed by atoms with van der Waals surface area (Å²) in [7, 11) is 0. The first kappa shape index (κ1) is 12.1. The normalized spacial score (nSPS) is 14.7. The van der Waals surface area contributed by atoms with E-state index in [-0.39, 0.29) is 18.0 Å². The number of aldehydes is 1. The molecule has 0 aliphatic rings. The summed E-state index contributed by atoms with van der Waals surface area (Å²) in [6.45, 7) is 5.39. The van der Waals surface area contributed by atoms with Gasteiger partial charge in [0.05, 0.1) is 0 Å². The van der Waals surface area contributed by atoms with E-state index in [1.165, 1.54) is 6.92 Å².